The van der Waals surface area contributed by atoms with Crippen LogP contribution in [0.15, 0.2) is 22.4 Å². The van der Waals surface area contributed by atoms with E-state index in [1.54, 1.807) is 18.7 Å². The van der Waals surface area contributed by atoms with Crippen LogP contribution in [0.1, 0.15) is 34.1 Å². The molecule has 21 heavy (non-hydrogen) atoms. The molecule has 0 amide bonds. The lowest BCUT2D eigenvalue weighted by atomic mass is 10.1. The normalized spacial score (nSPS) is 23.0. The maximum absolute atomic E-state index is 12.1. The first-order valence-electron chi connectivity index (χ1n) is 7.17. The van der Waals surface area contributed by atoms with Crippen molar-refractivity contribution in [1.82, 2.24) is 4.90 Å². The van der Waals surface area contributed by atoms with Crippen molar-refractivity contribution in [3.63, 3.8) is 0 Å². The monoisotopic (exact) mass is 311 g/mol. The average molecular weight is 311 g/mol. The second-order valence-corrected chi connectivity index (χ2v) is 6.30. The minimum absolute atomic E-state index is 0.129. The molecule has 0 radical (unpaired) electrons. The molecular formula is C15H21NO4S. The molecule has 0 aromatic rings. The summed E-state index contributed by atoms with van der Waals surface area (Å²) in [6.45, 7) is 7.87. The molecule has 116 valence electrons. The second-order valence-electron chi connectivity index (χ2n) is 5.34. The molecule has 1 saturated heterocycles. The molecule has 0 aromatic carbocycles. The number of carbonyl (C=O) groups is 2. The largest absolute Gasteiger partial charge is 0.463 e. The average Bonchev–Trinajstić information content (AvgIpc) is 2.91. The van der Waals surface area contributed by atoms with E-state index >= 15 is 0 Å². The fraction of sp³-hybridized carbons (Fsp3) is 0.600. The summed E-state index contributed by atoms with van der Waals surface area (Å²) in [6.07, 6.45) is 2.04. The molecule has 1 atom stereocenters. The summed E-state index contributed by atoms with van der Waals surface area (Å²) in [7, 11) is 0. The first-order valence-corrected chi connectivity index (χ1v) is 8.16. The Kier molecular flexibility index (Phi) is 4.98. The van der Waals surface area contributed by atoms with Gasteiger partial charge in [0.25, 0.3) is 0 Å². The number of thioether (sulfide) groups is 1. The third-order valence-corrected chi connectivity index (χ3v) is 4.40. The number of esters is 2. The standard InChI is InChI=1S/C15H21NO4S/c1-5-19-13(17)7-11-8-21-14-12(6-10(4)16(11)14)15(18)20-9(2)3/h7,9-10H,5-6,8H2,1-4H3/b11-7+. The van der Waals surface area contributed by atoms with Crippen LogP contribution in [0.3, 0.4) is 0 Å². The summed E-state index contributed by atoms with van der Waals surface area (Å²) in [5.41, 5.74) is 1.61. The quantitative estimate of drug-likeness (QED) is 0.587. The SMILES string of the molecule is CCOC(=O)/C=C1\CSC2=C(C(=O)OC(C)C)CC(C)N21. The third kappa shape index (κ3) is 3.43. The lowest BCUT2D eigenvalue weighted by molar-refractivity contribution is -0.142. The Morgan fingerprint density at radius 3 is 2.81 bits per heavy atom. The summed E-state index contributed by atoms with van der Waals surface area (Å²) < 4.78 is 10.3. The van der Waals surface area contributed by atoms with E-state index in [0.717, 1.165) is 10.7 Å². The Hall–Kier alpha value is -1.43. The predicted molar refractivity (Wildman–Crippen MR) is 81.3 cm³/mol. The summed E-state index contributed by atoms with van der Waals surface area (Å²) in [4.78, 5) is 25.8. The van der Waals surface area contributed by atoms with Crippen LogP contribution in [0.4, 0.5) is 0 Å². The smallest absolute Gasteiger partial charge is 0.337 e. The fourth-order valence-electron chi connectivity index (χ4n) is 2.49. The van der Waals surface area contributed by atoms with Crippen LogP contribution in [0, 0.1) is 0 Å². The summed E-state index contributed by atoms with van der Waals surface area (Å²) in [5, 5.41) is 0.920. The first kappa shape index (κ1) is 15.9. The molecule has 0 N–H and O–H groups in total. The molecule has 0 spiro atoms. The van der Waals surface area contributed by atoms with E-state index in [1.165, 1.54) is 6.08 Å². The van der Waals surface area contributed by atoms with Gasteiger partial charge in [0.05, 0.1) is 23.3 Å². The van der Waals surface area contributed by atoms with Crippen molar-refractivity contribution < 1.29 is 19.1 Å². The van der Waals surface area contributed by atoms with Crippen molar-refractivity contribution in [2.45, 2.75) is 46.3 Å². The van der Waals surface area contributed by atoms with Crippen LogP contribution in [-0.2, 0) is 19.1 Å². The highest BCUT2D eigenvalue weighted by atomic mass is 32.2. The van der Waals surface area contributed by atoms with Gasteiger partial charge in [-0.2, -0.15) is 0 Å². The van der Waals surface area contributed by atoms with Gasteiger partial charge in [-0.1, -0.05) is 0 Å². The second kappa shape index (κ2) is 6.56. The van der Waals surface area contributed by atoms with Crippen molar-refractivity contribution in [3.05, 3.63) is 22.4 Å². The molecule has 6 heteroatoms. The van der Waals surface area contributed by atoms with Crippen molar-refractivity contribution in [2.24, 2.45) is 0 Å². The summed E-state index contributed by atoms with van der Waals surface area (Å²) in [5.74, 6) is 0.0933. The Morgan fingerprint density at radius 2 is 2.19 bits per heavy atom. The molecule has 0 bridgehead atoms. The topological polar surface area (TPSA) is 55.8 Å². The Bertz CT molecular complexity index is 510. The van der Waals surface area contributed by atoms with Gasteiger partial charge in [0, 0.05) is 30.0 Å². The maximum Gasteiger partial charge on any atom is 0.337 e. The van der Waals surface area contributed by atoms with Crippen molar-refractivity contribution in [3.8, 4) is 0 Å². The zero-order chi connectivity index (χ0) is 15.6. The van der Waals surface area contributed by atoms with Gasteiger partial charge in [-0.05, 0) is 27.7 Å². The molecule has 0 aliphatic carbocycles. The fourth-order valence-corrected chi connectivity index (χ4v) is 3.77. The highest BCUT2D eigenvalue weighted by Gasteiger charge is 2.39. The van der Waals surface area contributed by atoms with Gasteiger partial charge in [-0.15, -0.1) is 11.8 Å². The highest BCUT2D eigenvalue weighted by Crippen LogP contribution is 2.45. The zero-order valence-corrected chi connectivity index (χ0v) is 13.7. The molecule has 1 unspecified atom stereocenters. The third-order valence-electron chi connectivity index (χ3n) is 3.24. The molecular weight excluding hydrogens is 290 g/mol. The minimum atomic E-state index is -0.334. The van der Waals surface area contributed by atoms with Crippen LogP contribution in [0.2, 0.25) is 0 Å². The molecule has 2 heterocycles. The van der Waals surface area contributed by atoms with Crippen LogP contribution in [0.5, 0.6) is 0 Å². The zero-order valence-electron chi connectivity index (χ0n) is 12.8. The van der Waals surface area contributed by atoms with Gasteiger partial charge in [-0.25, -0.2) is 9.59 Å². The Balaban J connectivity index is 2.20. The number of ether oxygens (including phenoxy) is 2. The van der Waals surface area contributed by atoms with E-state index in [1.807, 2.05) is 20.8 Å². The van der Waals surface area contributed by atoms with E-state index in [9.17, 15) is 9.59 Å². The molecule has 0 saturated carbocycles. The van der Waals surface area contributed by atoms with Gasteiger partial charge in [0.15, 0.2) is 0 Å². The molecule has 5 nitrogen and oxygen atoms in total. The number of carbonyl (C=O) groups excluding carboxylic acids is 2. The van der Waals surface area contributed by atoms with E-state index in [-0.39, 0.29) is 24.1 Å². The van der Waals surface area contributed by atoms with E-state index < -0.39 is 0 Å². The lowest BCUT2D eigenvalue weighted by Gasteiger charge is -2.21. The van der Waals surface area contributed by atoms with E-state index in [0.29, 0.717) is 24.4 Å². The van der Waals surface area contributed by atoms with Gasteiger partial charge < -0.3 is 14.4 Å². The number of hydrogen-bond acceptors (Lipinski definition) is 6. The van der Waals surface area contributed by atoms with Gasteiger partial charge in [0.1, 0.15) is 0 Å². The van der Waals surface area contributed by atoms with Crippen molar-refractivity contribution >= 4 is 23.7 Å². The first-order chi connectivity index (χ1) is 9.93. The molecule has 2 aliphatic heterocycles. The van der Waals surface area contributed by atoms with Crippen LogP contribution in [0.25, 0.3) is 0 Å². The van der Waals surface area contributed by atoms with Crippen molar-refractivity contribution in [1.29, 1.82) is 0 Å². The minimum Gasteiger partial charge on any atom is -0.463 e. The Morgan fingerprint density at radius 1 is 1.48 bits per heavy atom. The number of nitrogens with zero attached hydrogens (tertiary/aromatic N) is 1. The maximum atomic E-state index is 12.1. The molecule has 2 aliphatic rings. The molecule has 2 rings (SSSR count). The summed E-state index contributed by atoms with van der Waals surface area (Å²) in [6, 6.07) is 0.158. The lowest BCUT2D eigenvalue weighted by Crippen LogP contribution is -2.23. The van der Waals surface area contributed by atoms with Gasteiger partial charge in [0.2, 0.25) is 0 Å². The van der Waals surface area contributed by atoms with Crippen LogP contribution < -0.4 is 0 Å². The van der Waals surface area contributed by atoms with E-state index in [2.05, 4.69) is 4.90 Å². The number of fused-ring (bicyclic) bond motifs is 1. The van der Waals surface area contributed by atoms with Gasteiger partial charge in [-0.3, -0.25) is 0 Å². The number of hydrogen-bond donors (Lipinski definition) is 0. The Labute approximate surface area is 129 Å². The predicted octanol–water partition coefficient (Wildman–Crippen LogP) is 2.44. The summed E-state index contributed by atoms with van der Waals surface area (Å²) >= 11 is 1.58. The number of rotatable bonds is 4. The molecule has 0 aromatic heterocycles. The molecule has 1 fully saturated rings. The van der Waals surface area contributed by atoms with Crippen molar-refractivity contribution in [2.75, 3.05) is 12.4 Å². The van der Waals surface area contributed by atoms with Crippen LogP contribution in [-0.4, -0.2) is 41.3 Å². The van der Waals surface area contributed by atoms with Gasteiger partial charge >= 0.3 is 11.9 Å². The highest BCUT2D eigenvalue weighted by molar-refractivity contribution is 8.03. The van der Waals surface area contributed by atoms with E-state index in [4.69, 9.17) is 9.47 Å². The van der Waals surface area contributed by atoms with Crippen LogP contribution >= 0.6 is 11.8 Å².